The van der Waals surface area contributed by atoms with E-state index in [0.717, 1.165) is 11.1 Å². The van der Waals surface area contributed by atoms with E-state index in [1.54, 1.807) is 13.0 Å². The number of carboxylic acid groups (broad SMARTS) is 1. The number of hydrogen-bond donors (Lipinski definition) is 1. The van der Waals surface area contributed by atoms with Crippen molar-refractivity contribution in [3.8, 4) is 0 Å². The molecule has 1 rings (SSSR count). The maximum Gasteiger partial charge on any atom is 0.335 e. The Morgan fingerprint density at radius 2 is 1.92 bits per heavy atom. The molecule has 66 valence electrons. The van der Waals surface area contributed by atoms with E-state index in [1.165, 1.54) is 0 Å². The highest BCUT2D eigenvalue weighted by atomic mass is 127. The van der Waals surface area contributed by atoms with Gasteiger partial charge in [0.05, 0.1) is 5.56 Å². The number of carboxylic acids is 1. The van der Waals surface area contributed by atoms with Crippen LogP contribution in [0.2, 0.25) is 0 Å². The predicted octanol–water partition coefficient (Wildman–Crippen LogP) is 2.62. The molecule has 0 saturated carbocycles. The zero-order valence-electron chi connectivity index (χ0n) is 7.00. The third-order valence-corrected chi connectivity index (χ3v) is 1.62. The standard InChI is InChI=1S/C9H10O2.HI/c1-6-3-4-7(2)8(5-6)9(10)11;/h3-5H,1-2H3,(H,10,11);1H. The molecule has 0 aromatic heterocycles. The number of rotatable bonds is 1. The Morgan fingerprint density at radius 1 is 1.33 bits per heavy atom. The van der Waals surface area contributed by atoms with Gasteiger partial charge in [-0.05, 0) is 25.5 Å². The summed E-state index contributed by atoms with van der Waals surface area (Å²) in [5.41, 5.74) is 2.18. The van der Waals surface area contributed by atoms with Gasteiger partial charge >= 0.3 is 5.97 Å². The Bertz CT molecular complexity index is 295. The van der Waals surface area contributed by atoms with Gasteiger partial charge in [0.1, 0.15) is 0 Å². The third-order valence-electron chi connectivity index (χ3n) is 1.62. The molecule has 0 fully saturated rings. The first-order valence-corrected chi connectivity index (χ1v) is 3.42. The van der Waals surface area contributed by atoms with Gasteiger partial charge in [0.2, 0.25) is 0 Å². The Labute approximate surface area is 88.6 Å². The zero-order valence-corrected chi connectivity index (χ0v) is 9.33. The second-order valence-electron chi connectivity index (χ2n) is 2.62. The van der Waals surface area contributed by atoms with E-state index >= 15 is 0 Å². The molecular weight excluding hydrogens is 267 g/mol. The van der Waals surface area contributed by atoms with Crippen LogP contribution >= 0.6 is 24.0 Å². The number of aryl methyl sites for hydroxylation is 2. The average Bonchev–Trinajstić information content (AvgIpc) is 1.94. The molecule has 0 heterocycles. The highest BCUT2D eigenvalue weighted by Gasteiger charge is 2.05. The molecular formula is C9H11IO2. The zero-order chi connectivity index (χ0) is 8.43. The summed E-state index contributed by atoms with van der Waals surface area (Å²) in [5.74, 6) is -0.855. The largest absolute Gasteiger partial charge is 0.478 e. The minimum atomic E-state index is -0.855. The summed E-state index contributed by atoms with van der Waals surface area (Å²) in [6, 6.07) is 5.40. The van der Waals surface area contributed by atoms with Gasteiger partial charge in [0, 0.05) is 0 Å². The Morgan fingerprint density at radius 3 is 2.33 bits per heavy atom. The number of halogens is 1. The lowest BCUT2D eigenvalue weighted by molar-refractivity contribution is 0.0696. The molecule has 1 aromatic carbocycles. The van der Waals surface area contributed by atoms with E-state index in [9.17, 15) is 4.79 Å². The molecule has 0 radical (unpaired) electrons. The molecule has 0 aliphatic heterocycles. The number of benzene rings is 1. The van der Waals surface area contributed by atoms with Crippen LogP contribution in [0.5, 0.6) is 0 Å². The molecule has 12 heavy (non-hydrogen) atoms. The van der Waals surface area contributed by atoms with Crippen LogP contribution in [0.25, 0.3) is 0 Å². The molecule has 0 saturated heterocycles. The van der Waals surface area contributed by atoms with Gasteiger partial charge in [-0.1, -0.05) is 17.7 Å². The van der Waals surface area contributed by atoms with Crippen LogP contribution in [0.4, 0.5) is 0 Å². The SMILES string of the molecule is Cc1ccc(C)c(C(=O)O)c1.I. The maximum absolute atomic E-state index is 10.6. The molecule has 0 amide bonds. The maximum atomic E-state index is 10.6. The van der Waals surface area contributed by atoms with Gasteiger partial charge in [-0.15, -0.1) is 24.0 Å². The summed E-state index contributed by atoms with van der Waals surface area (Å²) in [6.07, 6.45) is 0. The van der Waals surface area contributed by atoms with E-state index in [0.29, 0.717) is 5.56 Å². The quantitative estimate of drug-likeness (QED) is 0.802. The lowest BCUT2D eigenvalue weighted by atomic mass is 10.1. The van der Waals surface area contributed by atoms with Crippen molar-refractivity contribution in [2.24, 2.45) is 0 Å². The highest BCUT2D eigenvalue weighted by molar-refractivity contribution is 14.0. The van der Waals surface area contributed by atoms with Crippen LogP contribution in [0.1, 0.15) is 21.5 Å². The molecule has 2 nitrogen and oxygen atoms in total. The van der Waals surface area contributed by atoms with Gasteiger partial charge in [0.25, 0.3) is 0 Å². The molecule has 0 spiro atoms. The van der Waals surface area contributed by atoms with E-state index in [-0.39, 0.29) is 24.0 Å². The average molecular weight is 278 g/mol. The minimum Gasteiger partial charge on any atom is -0.478 e. The minimum absolute atomic E-state index is 0. The van der Waals surface area contributed by atoms with Crippen LogP contribution in [0.3, 0.4) is 0 Å². The molecule has 0 unspecified atom stereocenters. The van der Waals surface area contributed by atoms with Crippen molar-refractivity contribution in [1.29, 1.82) is 0 Å². The molecule has 0 aliphatic rings. The second kappa shape index (κ2) is 4.45. The summed E-state index contributed by atoms with van der Waals surface area (Å²) >= 11 is 0. The fourth-order valence-electron chi connectivity index (χ4n) is 0.966. The van der Waals surface area contributed by atoms with Gasteiger partial charge in [-0.2, -0.15) is 0 Å². The van der Waals surface area contributed by atoms with Crippen LogP contribution in [0, 0.1) is 13.8 Å². The first-order valence-electron chi connectivity index (χ1n) is 3.42. The van der Waals surface area contributed by atoms with Crippen molar-refractivity contribution < 1.29 is 9.90 Å². The topological polar surface area (TPSA) is 37.3 Å². The summed E-state index contributed by atoms with van der Waals surface area (Å²) in [5, 5.41) is 8.69. The number of hydrogen-bond acceptors (Lipinski definition) is 1. The van der Waals surface area contributed by atoms with Gasteiger partial charge in [-0.25, -0.2) is 4.79 Å². The van der Waals surface area contributed by atoms with Crippen LogP contribution in [-0.4, -0.2) is 11.1 Å². The van der Waals surface area contributed by atoms with Crippen LogP contribution < -0.4 is 0 Å². The fraction of sp³-hybridized carbons (Fsp3) is 0.222. The van der Waals surface area contributed by atoms with Crippen molar-refractivity contribution in [2.75, 3.05) is 0 Å². The van der Waals surface area contributed by atoms with Gasteiger partial charge < -0.3 is 5.11 Å². The molecule has 1 N–H and O–H groups in total. The predicted molar refractivity (Wildman–Crippen MR) is 58.3 cm³/mol. The molecule has 0 bridgehead atoms. The summed E-state index contributed by atoms with van der Waals surface area (Å²) < 4.78 is 0. The van der Waals surface area contributed by atoms with Gasteiger partial charge in [-0.3, -0.25) is 0 Å². The van der Waals surface area contributed by atoms with Crippen molar-refractivity contribution in [3.63, 3.8) is 0 Å². The van der Waals surface area contributed by atoms with Crippen molar-refractivity contribution >= 4 is 29.9 Å². The number of aromatic carboxylic acids is 1. The van der Waals surface area contributed by atoms with E-state index < -0.39 is 5.97 Å². The molecule has 0 atom stereocenters. The summed E-state index contributed by atoms with van der Waals surface area (Å²) in [6.45, 7) is 3.68. The lowest BCUT2D eigenvalue weighted by Crippen LogP contribution is -1.99. The Hall–Kier alpha value is -0.580. The normalized spacial score (nSPS) is 8.83. The lowest BCUT2D eigenvalue weighted by Gasteiger charge is -2.00. The van der Waals surface area contributed by atoms with E-state index in [1.807, 2.05) is 19.1 Å². The van der Waals surface area contributed by atoms with E-state index in [2.05, 4.69) is 0 Å². The van der Waals surface area contributed by atoms with Gasteiger partial charge in [0.15, 0.2) is 0 Å². The van der Waals surface area contributed by atoms with Crippen molar-refractivity contribution in [3.05, 3.63) is 34.9 Å². The molecule has 3 heteroatoms. The number of carbonyl (C=O) groups is 1. The smallest absolute Gasteiger partial charge is 0.335 e. The highest BCUT2D eigenvalue weighted by Crippen LogP contribution is 2.09. The summed E-state index contributed by atoms with van der Waals surface area (Å²) in [4.78, 5) is 10.6. The van der Waals surface area contributed by atoms with E-state index in [4.69, 9.17) is 5.11 Å². The Balaban J connectivity index is 0.00000121. The monoisotopic (exact) mass is 278 g/mol. The second-order valence-corrected chi connectivity index (χ2v) is 2.62. The first kappa shape index (κ1) is 11.4. The van der Waals surface area contributed by atoms with Crippen molar-refractivity contribution in [2.45, 2.75) is 13.8 Å². The fourth-order valence-corrected chi connectivity index (χ4v) is 0.966. The first-order chi connectivity index (χ1) is 5.11. The molecule has 0 aliphatic carbocycles. The Kier molecular flexibility index (Phi) is 4.23. The molecule has 1 aromatic rings. The summed E-state index contributed by atoms with van der Waals surface area (Å²) in [7, 11) is 0. The van der Waals surface area contributed by atoms with Crippen LogP contribution in [-0.2, 0) is 0 Å². The third kappa shape index (κ3) is 2.48. The van der Waals surface area contributed by atoms with Crippen LogP contribution in [0.15, 0.2) is 18.2 Å². The van der Waals surface area contributed by atoms with Crippen molar-refractivity contribution in [1.82, 2.24) is 0 Å².